The SMILES string of the molecule is COc1ccc(/C=C/C(=O)Nc2cccc3cccnc23)c(OC)c1. The van der Waals surface area contributed by atoms with Crippen LogP contribution in [0.1, 0.15) is 5.56 Å². The van der Waals surface area contributed by atoms with Crippen LogP contribution in [-0.4, -0.2) is 25.1 Å². The summed E-state index contributed by atoms with van der Waals surface area (Å²) in [5.41, 5.74) is 2.22. The van der Waals surface area contributed by atoms with Crippen LogP contribution in [0.15, 0.2) is 60.8 Å². The van der Waals surface area contributed by atoms with Crippen molar-refractivity contribution < 1.29 is 14.3 Å². The first kappa shape index (κ1) is 16.5. The van der Waals surface area contributed by atoms with Gasteiger partial charge in [-0.2, -0.15) is 0 Å². The summed E-state index contributed by atoms with van der Waals surface area (Å²) in [5, 5.41) is 3.83. The van der Waals surface area contributed by atoms with E-state index in [4.69, 9.17) is 9.47 Å². The molecule has 0 atom stereocenters. The fraction of sp³-hybridized carbons (Fsp3) is 0.100. The summed E-state index contributed by atoms with van der Waals surface area (Å²) in [7, 11) is 3.17. The fourth-order valence-electron chi connectivity index (χ4n) is 2.50. The molecule has 0 saturated carbocycles. The summed E-state index contributed by atoms with van der Waals surface area (Å²) in [6, 6.07) is 14.9. The Balaban J connectivity index is 1.79. The van der Waals surface area contributed by atoms with Crippen LogP contribution in [0.3, 0.4) is 0 Å². The van der Waals surface area contributed by atoms with Gasteiger partial charge >= 0.3 is 0 Å². The molecule has 3 aromatic rings. The van der Waals surface area contributed by atoms with Gasteiger partial charge in [0, 0.05) is 29.3 Å². The molecule has 5 nitrogen and oxygen atoms in total. The molecule has 126 valence electrons. The summed E-state index contributed by atoms with van der Waals surface area (Å²) in [5.74, 6) is 1.09. The van der Waals surface area contributed by atoms with Crippen molar-refractivity contribution in [3.05, 3.63) is 66.4 Å². The van der Waals surface area contributed by atoms with Crippen LogP contribution in [0.4, 0.5) is 5.69 Å². The van der Waals surface area contributed by atoms with E-state index in [1.54, 1.807) is 32.6 Å². The number of carbonyl (C=O) groups excluding carboxylic acids is 1. The van der Waals surface area contributed by atoms with Gasteiger partial charge in [0.1, 0.15) is 11.5 Å². The molecular weight excluding hydrogens is 316 g/mol. The zero-order chi connectivity index (χ0) is 17.6. The van der Waals surface area contributed by atoms with Crippen LogP contribution in [0.2, 0.25) is 0 Å². The highest BCUT2D eigenvalue weighted by molar-refractivity contribution is 6.06. The second kappa shape index (κ2) is 7.49. The zero-order valence-electron chi connectivity index (χ0n) is 14.0. The van der Waals surface area contributed by atoms with Crippen LogP contribution in [0.5, 0.6) is 11.5 Å². The third kappa shape index (κ3) is 3.77. The maximum atomic E-state index is 12.3. The van der Waals surface area contributed by atoms with Gasteiger partial charge < -0.3 is 14.8 Å². The first-order valence-electron chi connectivity index (χ1n) is 7.76. The molecule has 25 heavy (non-hydrogen) atoms. The predicted molar refractivity (Wildman–Crippen MR) is 99.0 cm³/mol. The maximum absolute atomic E-state index is 12.3. The van der Waals surface area contributed by atoms with Crippen LogP contribution in [-0.2, 0) is 4.79 Å². The highest BCUT2D eigenvalue weighted by Gasteiger charge is 2.06. The number of rotatable bonds is 5. The Kier molecular flexibility index (Phi) is 4.95. The Morgan fingerprint density at radius 2 is 1.92 bits per heavy atom. The Labute approximate surface area is 145 Å². The Morgan fingerprint density at radius 1 is 1.08 bits per heavy atom. The lowest BCUT2D eigenvalue weighted by atomic mass is 10.1. The largest absolute Gasteiger partial charge is 0.497 e. The van der Waals surface area contributed by atoms with Crippen LogP contribution >= 0.6 is 0 Å². The molecule has 2 aromatic carbocycles. The number of ether oxygens (including phenoxy) is 2. The predicted octanol–water partition coefficient (Wildman–Crippen LogP) is 3.90. The number of fused-ring (bicyclic) bond motifs is 1. The smallest absolute Gasteiger partial charge is 0.248 e. The highest BCUT2D eigenvalue weighted by Crippen LogP contribution is 2.26. The van der Waals surface area contributed by atoms with E-state index < -0.39 is 0 Å². The van der Waals surface area contributed by atoms with E-state index in [0.29, 0.717) is 17.2 Å². The molecule has 0 aliphatic carbocycles. The summed E-state index contributed by atoms with van der Waals surface area (Å²) in [6.45, 7) is 0. The monoisotopic (exact) mass is 334 g/mol. The summed E-state index contributed by atoms with van der Waals surface area (Å²) in [6.07, 6.45) is 4.87. The quantitative estimate of drug-likeness (QED) is 0.719. The Morgan fingerprint density at radius 3 is 2.72 bits per heavy atom. The summed E-state index contributed by atoms with van der Waals surface area (Å²) in [4.78, 5) is 16.6. The molecule has 0 spiro atoms. The van der Waals surface area contributed by atoms with E-state index in [2.05, 4.69) is 10.3 Å². The average Bonchev–Trinajstić information content (AvgIpc) is 2.66. The number of pyridine rings is 1. The molecular formula is C20H18N2O3. The van der Waals surface area contributed by atoms with Crippen molar-refractivity contribution in [2.24, 2.45) is 0 Å². The van der Waals surface area contributed by atoms with Gasteiger partial charge in [-0.3, -0.25) is 9.78 Å². The minimum atomic E-state index is -0.240. The standard InChI is InChI=1S/C20H18N2O3/c1-24-16-10-8-14(18(13-16)25-2)9-11-19(23)22-17-7-3-5-15-6-4-12-21-20(15)17/h3-13H,1-2H3,(H,22,23)/b11-9+. The number of carbonyl (C=O) groups is 1. The molecule has 1 heterocycles. The number of hydrogen-bond acceptors (Lipinski definition) is 4. The number of methoxy groups -OCH3 is 2. The first-order valence-corrected chi connectivity index (χ1v) is 7.76. The van der Waals surface area contributed by atoms with Gasteiger partial charge in [0.2, 0.25) is 5.91 Å². The molecule has 0 bridgehead atoms. The van der Waals surface area contributed by atoms with E-state index in [1.807, 2.05) is 42.5 Å². The van der Waals surface area contributed by atoms with E-state index in [1.165, 1.54) is 6.08 Å². The Bertz CT molecular complexity index is 930. The second-order valence-electron chi connectivity index (χ2n) is 5.31. The van der Waals surface area contributed by atoms with Gasteiger partial charge in [0.05, 0.1) is 25.4 Å². The van der Waals surface area contributed by atoms with Crippen molar-refractivity contribution in [1.82, 2.24) is 4.98 Å². The topological polar surface area (TPSA) is 60.5 Å². The lowest BCUT2D eigenvalue weighted by Gasteiger charge is -2.08. The lowest BCUT2D eigenvalue weighted by Crippen LogP contribution is -2.08. The van der Waals surface area contributed by atoms with E-state index in [9.17, 15) is 4.79 Å². The molecule has 0 fully saturated rings. The number of anilines is 1. The average molecular weight is 334 g/mol. The van der Waals surface area contributed by atoms with Gasteiger partial charge in [-0.15, -0.1) is 0 Å². The molecule has 1 N–H and O–H groups in total. The van der Waals surface area contributed by atoms with Gasteiger partial charge in [0.15, 0.2) is 0 Å². The van der Waals surface area contributed by atoms with Crippen LogP contribution in [0.25, 0.3) is 17.0 Å². The molecule has 1 amide bonds. The number of para-hydroxylation sites is 1. The number of benzene rings is 2. The van der Waals surface area contributed by atoms with Gasteiger partial charge in [-0.1, -0.05) is 18.2 Å². The third-order valence-corrected chi connectivity index (χ3v) is 3.75. The van der Waals surface area contributed by atoms with Gasteiger partial charge in [-0.05, 0) is 30.3 Å². The molecule has 5 heteroatoms. The van der Waals surface area contributed by atoms with Crippen molar-refractivity contribution in [3.8, 4) is 11.5 Å². The molecule has 0 aliphatic rings. The van der Waals surface area contributed by atoms with Crippen molar-refractivity contribution in [2.45, 2.75) is 0 Å². The van der Waals surface area contributed by atoms with Crippen molar-refractivity contribution in [1.29, 1.82) is 0 Å². The zero-order valence-corrected chi connectivity index (χ0v) is 14.0. The second-order valence-corrected chi connectivity index (χ2v) is 5.31. The van der Waals surface area contributed by atoms with Crippen LogP contribution < -0.4 is 14.8 Å². The first-order chi connectivity index (χ1) is 12.2. The van der Waals surface area contributed by atoms with E-state index in [0.717, 1.165) is 16.5 Å². The Hall–Kier alpha value is -3.34. The summed E-state index contributed by atoms with van der Waals surface area (Å²) >= 11 is 0. The fourth-order valence-corrected chi connectivity index (χ4v) is 2.50. The minimum Gasteiger partial charge on any atom is -0.497 e. The molecule has 3 rings (SSSR count). The molecule has 0 saturated heterocycles. The number of nitrogens with zero attached hydrogens (tertiary/aromatic N) is 1. The number of nitrogens with one attached hydrogen (secondary N) is 1. The highest BCUT2D eigenvalue weighted by atomic mass is 16.5. The lowest BCUT2D eigenvalue weighted by molar-refractivity contribution is -0.111. The summed E-state index contributed by atoms with van der Waals surface area (Å²) < 4.78 is 10.5. The van der Waals surface area contributed by atoms with Crippen molar-refractivity contribution >= 4 is 28.6 Å². The van der Waals surface area contributed by atoms with Crippen molar-refractivity contribution in [3.63, 3.8) is 0 Å². The van der Waals surface area contributed by atoms with Gasteiger partial charge in [-0.25, -0.2) is 0 Å². The number of aromatic nitrogens is 1. The number of amides is 1. The molecule has 0 unspecified atom stereocenters. The van der Waals surface area contributed by atoms with Gasteiger partial charge in [0.25, 0.3) is 0 Å². The number of hydrogen-bond donors (Lipinski definition) is 1. The normalized spacial score (nSPS) is 10.8. The maximum Gasteiger partial charge on any atom is 0.248 e. The van der Waals surface area contributed by atoms with Crippen molar-refractivity contribution in [2.75, 3.05) is 19.5 Å². The molecule has 0 aliphatic heterocycles. The van der Waals surface area contributed by atoms with E-state index >= 15 is 0 Å². The van der Waals surface area contributed by atoms with E-state index in [-0.39, 0.29) is 5.91 Å². The minimum absolute atomic E-state index is 0.240. The third-order valence-electron chi connectivity index (χ3n) is 3.75. The van der Waals surface area contributed by atoms with Crippen LogP contribution in [0, 0.1) is 0 Å². The molecule has 0 radical (unpaired) electrons. The molecule has 1 aromatic heterocycles.